The number of carbonyl (C=O) groups is 1. The molecule has 0 saturated heterocycles. The van der Waals surface area contributed by atoms with Gasteiger partial charge in [-0.25, -0.2) is 0 Å². The number of furan rings is 1. The average Bonchev–Trinajstić information content (AvgIpc) is 3.06. The summed E-state index contributed by atoms with van der Waals surface area (Å²) in [6, 6.07) is 9.53. The SMILES string of the molecule is CN1CCc2cc(C(=O)NCc3ccco3)ccc21. The van der Waals surface area contributed by atoms with Gasteiger partial charge in [-0.15, -0.1) is 0 Å². The lowest BCUT2D eigenvalue weighted by Gasteiger charge is -2.12. The summed E-state index contributed by atoms with van der Waals surface area (Å²) >= 11 is 0. The molecule has 4 heteroatoms. The minimum Gasteiger partial charge on any atom is -0.467 e. The molecule has 3 rings (SSSR count). The van der Waals surface area contributed by atoms with Crippen molar-refractivity contribution < 1.29 is 9.21 Å². The van der Waals surface area contributed by atoms with Crippen molar-refractivity contribution in [3.8, 4) is 0 Å². The zero-order valence-corrected chi connectivity index (χ0v) is 10.8. The van der Waals surface area contributed by atoms with Crippen molar-refractivity contribution in [3.05, 3.63) is 53.5 Å². The third-order valence-corrected chi connectivity index (χ3v) is 3.47. The first-order chi connectivity index (χ1) is 9.24. The fourth-order valence-electron chi connectivity index (χ4n) is 2.39. The number of likely N-dealkylation sites (N-methyl/N-ethyl adjacent to an activating group) is 1. The van der Waals surface area contributed by atoms with Gasteiger partial charge in [-0.3, -0.25) is 4.79 Å². The summed E-state index contributed by atoms with van der Waals surface area (Å²) in [4.78, 5) is 14.3. The normalized spacial score (nSPS) is 13.4. The van der Waals surface area contributed by atoms with Crippen molar-refractivity contribution in [1.82, 2.24) is 5.32 Å². The van der Waals surface area contributed by atoms with Gasteiger partial charge in [0.1, 0.15) is 5.76 Å². The lowest BCUT2D eigenvalue weighted by Crippen LogP contribution is -2.22. The number of amides is 1. The van der Waals surface area contributed by atoms with Gasteiger partial charge >= 0.3 is 0 Å². The molecule has 2 aromatic rings. The molecular weight excluding hydrogens is 240 g/mol. The number of carbonyl (C=O) groups excluding carboxylic acids is 1. The second-order valence-corrected chi connectivity index (χ2v) is 4.78. The van der Waals surface area contributed by atoms with Crippen molar-refractivity contribution in [1.29, 1.82) is 0 Å². The Morgan fingerprint density at radius 2 is 2.32 bits per heavy atom. The summed E-state index contributed by atoms with van der Waals surface area (Å²) < 4.78 is 5.19. The number of hydrogen-bond acceptors (Lipinski definition) is 3. The van der Waals surface area contributed by atoms with E-state index in [4.69, 9.17) is 4.42 Å². The number of fused-ring (bicyclic) bond motifs is 1. The molecular formula is C15H16N2O2. The van der Waals surface area contributed by atoms with E-state index in [1.807, 2.05) is 30.3 Å². The highest BCUT2D eigenvalue weighted by molar-refractivity contribution is 5.95. The van der Waals surface area contributed by atoms with Gasteiger partial charge in [0.15, 0.2) is 0 Å². The highest BCUT2D eigenvalue weighted by atomic mass is 16.3. The molecule has 1 aromatic heterocycles. The summed E-state index contributed by atoms with van der Waals surface area (Å²) in [5.41, 5.74) is 3.18. The fraction of sp³-hybridized carbons (Fsp3) is 0.267. The van der Waals surface area contributed by atoms with Crippen LogP contribution in [0.1, 0.15) is 21.7 Å². The standard InChI is InChI=1S/C15H16N2O2/c1-17-7-6-11-9-12(4-5-14(11)17)15(18)16-10-13-3-2-8-19-13/h2-5,8-9H,6-7,10H2,1H3,(H,16,18). The third kappa shape index (κ3) is 2.34. The lowest BCUT2D eigenvalue weighted by atomic mass is 10.1. The molecule has 19 heavy (non-hydrogen) atoms. The van der Waals surface area contributed by atoms with Crippen LogP contribution >= 0.6 is 0 Å². The van der Waals surface area contributed by atoms with Crippen LogP contribution in [-0.4, -0.2) is 19.5 Å². The zero-order valence-electron chi connectivity index (χ0n) is 10.8. The molecule has 98 valence electrons. The minimum atomic E-state index is -0.0613. The molecule has 4 nitrogen and oxygen atoms in total. The van der Waals surface area contributed by atoms with E-state index in [0.717, 1.165) is 18.7 Å². The molecule has 0 fully saturated rings. The van der Waals surface area contributed by atoms with E-state index in [1.54, 1.807) is 6.26 Å². The Morgan fingerprint density at radius 1 is 1.42 bits per heavy atom. The molecule has 0 atom stereocenters. The quantitative estimate of drug-likeness (QED) is 0.915. The topological polar surface area (TPSA) is 45.5 Å². The second kappa shape index (κ2) is 4.80. The van der Waals surface area contributed by atoms with E-state index in [2.05, 4.69) is 17.3 Å². The van der Waals surface area contributed by atoms with Crippen LogP contribution < -0.4 is 10.2 Å². The number of rotatable bonds is 3. The van der Waals surface area contributed by atoms with Gasteiger partial charge < -0.3 is 14.6 Å². The van der Waals surface area contributed by atoms with E-state index in [0.29, 0.717) is 12.1 Å². The molecule has 0 saturated carbocycles. The highest BCUT2D eigenvalue weighted by Crippen LogP contribution is 2.27. The number of nitrogens with one attached hydrogen (secondary N) is 1. The predicted octanol–water partition coefficient (Wildman–Crippen LogP) is 2.20. The summed E-state index contributed by atoms with van der Waals surface area (Å²) in [5, 5.41) is 2.86. The smallest absolute Gasteiger partial charge is 0.251 e. The summed E-state index contributed by atoms with van der Waals surface area (Å²) in [7, 11) is 2.07. The Morgan fingerprint density at radius 3 is 3.11 bits per heavy atom. The van der Waals surface area contributed by atoms with Crippen LogP contribution in [0.2, 0.25) is 0 Å². The number of nitrogens with zero attached hydrogens (tertiary/aromatic N) is 1. The molecule has 1 N–H and O–H groups in total. The first-order valence-corrected chi connectivity index (χ1v) is 6.39. The monoisotopic (exact) mass is 256 g/mol. The summed E-state index contributed by atoms with van der Waals surface area (Å²) in [5.74, 6) is 0.697. The molecule has 1 aliphatic rings. The molecule has 1 aliphatic heterocycles. The van der Waals surface area contributed by atoms with E-state index >= 15 is 0 Å². The van der Waals surface area contributed by atoms with Gasteiger partial charge in [-0.1, -0.05) is 0 Å². The van der Waals surface area contributed by atoms with Crippen LogP contribution in [0.15, 0.2) is 41.0 Å². The van der Waals surface area contributed by atoms with Gasteiger partial charge in [0.25, 0.3) is 5.91 Å². The number of anilines is 1. The van der Waals surface area contributed by atoms with Gasteiger partial charge in [0.05, 0.1) is 12.8 Å². The van der Waals surface area contributed by atoms with Gasteiger partial charge in [-0.05, 0) is 42.3 Å². The van der Waals surface area contributed by atoms with Crippen LogP contribution in [0.5, 0.6) is 0 Å². The number of benzene rings is 1. The first kappa shape index (κ1) is 11.8. The maximum atomic E-state index is 12.1. The van der Waals surface area contributed by atoms with Crippen molar-refractivity contribution in [2.45, 2.75) is 13.0 Å². The fourth-order valence-corrected chi connectivity index (χ4v) is 2.39. The molecule has 0 aliphatic carbocycles. The summed E-state index contributed by atoms with van der Waals surface area (Å²) in [6.07, 6.45) is 2.61. The number of hydrogen-bond donors (Lipinski definition) is 1. The molecule has 0 spiro atoms. The van der Waals surface area contributed by atoms with Gasteiger partial charge in [-0.2, -0.15) is 0 Å². The Hall–Kier alpha value is -2.23. The molecule has 2 heterocycles. The van der Waals surface area contributed by atoms with Crippen molar-refractivity contribution in [3.63, 3.8) is 0 Å². The van der Waals surface area contributed by atoms with Crippen molar-refractivity contribution in [2.75, 3.05) is 18.5 Å². The van der Waals surface area contributed by atoms with Crippen molar-refractivity contribution >= 4 is 11.6 Å². The lowest BCUT2D eigenvalue weighted by molar-refractivity contribution is 0.0948. The Balaban J connectivity index is 1.70. The molecule has 0 bridgehead atoms. The van der Waals surface area contributed by atoms with E-state index < -0.39 is 0 Å². The van der Waals surface area contributed by atoms with Crippen LogP contribution in [-0.2, 0) is 13.0 Å². The van der Waals surface area contributed by atoms with Gasteiger partial charge in [0.2, 0.25) is 0 Å². The minimum absolute atomic E-state index is 0.0613. The molecule has 1 amide bonds. The summed E-state index contributed by atoms with van der Waals surface area (Å²) in [6.45, 7) is 1.44. The Kier molecular flexibility index (Phi) is 2.99. The third-order valence-electron chi connectivity index (χ3n) is 3.47. The van der Waals surface area contributed by atoms with Crippen LogP contribution in [0.4, 0.5) is 5.69 Å². The Bertz CT molecular complexity index is 590. The maximum absolute atomic E-state index is 12.1. The predicted molar refractivity (Wildman–Crippen MR) is 73.3 cm³/mol. The second-order valence-electron chi connectivity index (χ2n) is 4.78. The molecule has 0 radical (unpaired) electrons. The van der Waals surface area contributed by atoms with Crippen LogP contribution in [0, 0.1) is 0 Å². The van der Waals surface area contributed by atoms with Crippen LogP contribution in [0.3, 0.4) is 0 Å². The van der Waals surface area contributed by atoms with Crippen molar-refractivity contribution in [2.24, 2.45) is 0 Å². The first-order valence-electron chi connectivity index (χ1n) is 6.39. The highest BCUT2D eigenvalue weighted by Gasteiger charge is 2.17. The zero-order chi connectivity index (χ0) is 13.2. The van der Waals surface area contributed by atoms with E-state index in [9.17, 15) is 4.79 Å². The van der Waals surface area contributed by atoms with Crippen LogP contribution in [0.25, 0.3) is 0 Å². The molecule has 0 unspecified atom stereocenters. The maximum Gasteiger partial charge on any atom is 0.251 e. The van der Waals surface area contributed by atoms with Gasteiger partial charge in [0, 0.05) is 24.8 Å². The molecule has 1 aromatic carbocycles. The van der Waals surface area contributed by atoms with E-state index in [1.165, 1.54) is 11.3 Å². The average molecular weight is 256 g/mol. The Labute approximate surface area is 112 Å². The largest absolute Gasteiger partial charge is 0.467 e. The van der Waals surface area contributed by atoms with E-state index in [-0.39, 0.29) is 5.91 Å².